The van der Waals surface area contributed by atoms with Crippen molar-refractivity contribution in [3.05, 3.63) is 29.3 Å². The van der Waals surface area contributed by atoms with Crippen LogP contribution in [0.4, 0.5) is 0 Å². The molecule has 0 aliphatic heterocycles. The van der Waals surface area contributed by atoms with Gasteiger partial charge in [0, 0.05) is 7.05 Å². The largest absolute Gasteiger partial charge is 0.484 e. The number of hydrogen-bond donors (Lipinski definition) is 2. The average Bonchev–Trinajstić information content (AvgIpc) is 2.42. The molecule has 0 unspecified atom stereocenters. The molecule has 1 rings (SSSR count). The molecule has 2 N–H and O–H groups in total. The Morgan fingerprint density at radius 3 is 2.50 bits per heavy atom. The smallest absolute Gasteiger partial charge is 0.258 e. The van der Waals surface area contributed by atoms with Crippen LogP contribution in [-0.4, -0.2) is 32.0 Å². The highest BCUT2D eigenvalue weighted by molar-refractivity contribution is 5.85. The average molecular weight is 278 g/mol. The number of benzene rings is 1. The lowest BCUT2D eigenvalue weighted by Gasteiger charge is -2.12. The Bertz CT molecular complexity index is 484. The summed E-state index contributed by atoms with van der Waals surface area (Å²) in [6.07, 6.45) is 0. The molecule has 5 nitrogen and oxygen atoms in total. The van der Waals surface area contributed by atoms with E-state index in [0.29, 0.717) is 11.7 Å². The fourth-order valence-electron chi connectivity index (χ4n) is 1.85. The highest BCUT2D eigenvalue weighted by atomic mass is 16.5. The maximum absolute atomic E-state index is 11.5. The normalized spacial score (nSPS) is 10.2. The zero-order valence-corrected chi connectivity index (χ0v) is 12.4. The van der Waals surface area contributed by atoms with Gasteiger partial charge in [0.15, 0.2) is 6.61 Å². The first-order chi connectivity index (χ1) is 9.43. The Kier molecular flexibility index (Phi) is 6.03. The van der Waals surface area contributed by atoms with Crippen LogP contribution >= 0.6 is 0 Å². The first-order valence-corrected chi connectivity index (χ1v) is 6.64. The lowest BCUT2D eigenvalue weighted by molar-refractivity contribution is -0.127. The minimum Gasteiger partial charge on any atom is -0.484 e. The molecule has 0 heterocycles. The van der Waals surface area contributed by atoms with E-state index in [1.165, 1.54) is 12.6 Å². The first-order valence-electron chi connectivity index (χ1n) is 6.64. The van der Waals surface area contributed by atoms with Gasteiger partial charge in [-0.15, -0.1) is 0 Å². The van der Waals surface area contributed by atoms with E-state index in [-0.39, 0.29) is 25.0 Å². The number of amides is 2. The van der Waals surface area contributed by atoms with E-state index in [1.54, 1.807) is 0 Å². The zero-order valence-electron chi connectivity index (χ0n) is 12.4. The van der Waals surface area contributed by atoms with Crippen LogP contribution < -0.4 is 15.4 Å². The van der Waals surface area contributed by atoms with Crippen molar-refractivity contribution in [2.75, 3.05) is 20.2 Å². The summed E-state index contributed by atoms with van der Waals surface area (Å²) in [4.78, 5) is 22.5. The van der Waals surface area contributed by atoms with Crippen LogP contribution in [0.1, 0.15) is 30.9 Å². The molecular formula is C15H22N2O3. The van der Waals surface area contributed by atoms with Crippen LogP contribution in [0.2, 0.25) is 0 Å². The van der Waals surface area contributed by atoms with Gasteiger partial charge >= 0.3 is 0 Å². The highest BCUT2D eigenvalue weighted by Crippen LogP contribution is 2.23. The topological polar surface area (TPSA) is 67.4 Å². The predicted octanol–water partition coefficient (Wildman–Crippen LogP) is 1.36. The summed E-state index contributed by atoms with van der Waals surface area (Å²) in [5.41, 5.74) is 2.41. The number of nitrogens with one attached hydrogen (secondary N) is 2. The molecule has 0 aliphatic rings. The molecule has 0 aromatic heterocycles. The van der Waals surface area contributed by atoms with Crippen molar-refractivity contribution in [1.82, 2.24) is 10.6 Å². The van der Waals surface area contributed by atoms with Crippen LogP contribution in [0, 0.1) is 6.92 Å². The van der Waals surface area contributed by atoms with Crippen LogP contribution in [0.25, 0.3) is 0 Å². The molecule has 110 valence electrons. The molecule has 0 saturated heterocycles. The third-order valence-electron chi connectivity index (χ3n) is 2.96. The summed E-state index contributed by atoms with van der Waals surface area (Å²) in [7, 11) is 1.52. The maximum Gasteiger partial charge on any atom is 0.258 e. The molecule has 0 aliphatic carbocycles. The van der Waals surface area contributed by atoms with Crippen LogP contribution in [-0.2, 0) is 9.59 Å². The van der Waals surface area contributed by atoms with Gasteiger partial charge in [0.1, 0.15) is 5.75 Å². The Morgan fingerprint density at radius 1 is 1.25 bits per heavy atom. The van der Waals surface area contributed by atoms with Crippen LogP contribution in [0.3, 0.4) is 0 Å². The summed E-state index contributed by atoms with van der Waals surface area (Å²) in [6.45, 7) is 6.15. The third-order valence-corrected chi connectivity index (χ3v) is 2.96. The molecule has 5 heteroatoms. The monoisotopic (exact) mass is 278 g/mol. The van der Waals surface area contributed by atoms with E-state index in [1.807, 2.05) is 25.1 Å². The molecule has 0 fully saturated rings. The molecule has 2 amide bonds. The molecule has 1 aromatic carbocycles. The maximum atomic E-state index is 11.5. The molecule has 0 saturated carbocycles. The van der Waals surface area contributed by atoms with Crippen LogP contribution in [0.5, 0.6) is 5.75 Å². The quantitative estimate of drug-likeness (QED) is 0.825. The Labute approximate surface area is 119 Å². The fraction of sp³-hybridized carbons (Fsp3) is 0.467. The number of rotatable bonds is 6. The second kappa shape index (κ2) is 7.53. The molecule has 0 spiro atoms. The van der Waals surface area contributed by atoms with E-state index in [0.717, 1.165) is 5.56 Å². The number of carbonyl (C=O) groups is 2. The second-order valence-electron chi connectivity index (χ2n) is 4.91. The second-order valence-corrected chi connectivity index (χ2v) is 4.91. The zero-order chi connectivity index (χ0) is 15.1. The SMILES string of the molecule is CNC(=O)CNC(=O)COc1ccc(C(C)C)c(C)c1. The highest BCUT2D eigenvalue weighted by Gasteiger charge is 2.07. The number of aryl methyl sites for hydroxylation is 1. The summed E-state index contributed by atoms with van der Waals surface area (Å²) in [5.74, 6) is 0.552. The number of hydrogen-bond acceptors (Lipinski definition) is 3. The van der Waals surface area contributed by atoms with E-state index >= 15 is 0 Å². The van der Waals surface area contributed by atoms with Gasteiger partial charge in [0.05, 0.1) is 6.54 Å². The Morgan fingerprint density at radius 2 is 1.95 bits per heavy atom. The third kappa shape index (κ3) is 4.91. The van der Waals surface area contributed by atoms with E-state index < -0.39 is 0 Å². The minimum absolute atomic E-state index is 0.0377. The predicted molar refractivity (Wildman–Crippen MR) is 77.8 cm³/mol. The summed E-state index contributed by atoms with van der Waals surface area (Å²) in [6, 6.07) is 5.79. The molecule has 0 bridgehead atoms. The summed E-state index contributed by atoms with van der Waals surface area (Å²) < 4.78 is 5.41. The van der Waals surface area contributed by atoms with Gasteiger partial charge in [-0.2, -0.15) is 0 Å². The van der Waals surface area contributed by atoms with Gasteiger partial charge in [-0.1, -0.05) is 19.9 Å². The molecule has 0 atom stereocenters. The fourth-order valence-corrected chi connectivity index (χ4v) is 1.85. The Hall–Kier alpha value is -2.04. The number of likely N-dealkylation sites (N-methyl/N-ethyl adjacent to an activating group) is 1. The van der Waals surface area contributed by atoms with Crippen molar-refractivity contribution >= 4 is 11.8 Å². The summed E-state index contributed by atoms with van der Waals surface area (Å²) >= 11 is 0. The number of ether oxygens (including phenoxy) is 1. The molecule has 20 heavy (non-hydrogen) atoms. The van der Waals surface area contributed by atoms with Crippen molar-refractivity contribution < 1.29 is 14.3 Å². The minimum atomic E-state index is -0.320. The molecule has 1 aromatic rings. The van der Waals surface area contributed by atoms with Crippen molar-refractivity contribution in [2.45, 2.75) is 26.7 Å². The van der Waals surface area contributed by atoms with E-state index in [9.17, 15) is 9.59 Å². The standard InChI is InChI=1S/C15H22N2O3/c1-10(2)13-6-5-12(7-11(13)3)20-9-15(19)17-8-14(18)16-4/h5-7,10H,8-9H2,1-4H3,(H,16,18)(H,17,19). The molecule has 0 radical (unpaired) electrons. The van der Waals surface area contributed by atoms with Gasteiger partial charge in [0.25, 0.3) is 5.91 Å². The van der Waals surface area contributed by atoms with Crippen molar-refractivity contribution in [2.24, 2.45) is 0 Å². The van der Waals surface area contributed by atoms with Gasteiger partial charge in [-0.3, -0.25) is 9.59 Å². The van der Waals surface area contributed by atoms with Gasteiger partial charge < -0.3 is 15.4 Å². The van der Waals surface area contributed by atoms with Gasteiger partial charge in [0.2, 0.25) is 5.91 Å². The van der Waals surface area contributed by atoms with Crippen molar-refractivity contribution in [3.63, 3.8) is 0 Å². The summed E-state index contributed by atoms with van der Waals surface area (Å²) in [5, 5.41) is 4.90. The Balaban J connectivity index is 2.48. The van der Waals surface area contributed by atoms with Gasteiger partial charge in [-0.05, 0) is 36.1 Å². The van der Waals surface area contributed by atoms with Crippen molar-refractivity contribution in [3.8, 4) is 5.75 Å². The lowest BCUT2D eigenvalue weighted by Crippen LogP contribution is -2.37. The molecular weight excluding hydrogens is 256 g/mol. The lowest BCUT2D eigenvalue weighted by atomic mass is 9.98. The van der Waals surface area contributed by atoms with Crippen molar-refractivity contribution in [1.29, 1.82) is 0 Å². The first kappa shape index (κ1) is 16.0. The van der Waals surface area contributed by atoms with E-state index in [4.69, 9.17) is 4.74 Å². The van der Waals surface area contributed by atoms with Crippen LogP contribution in [0.15, 0.2) is 18.2 Å². The van der Waals surface area contributed by atoms with E-state index in [2.05, 4.69) is 24.5 Å². The number of carbonyl (C=O) groups excluding carboxylic acids is 2. The van der Waals surface area contributed by atoms with Gasteiger partial charge in [-0.25, -0.2) is 0 Å².